The fourth-order valence-corrected chi connectivity index (χ4v) is 4.13. The Kier molecular flexibility index (Phi) is 6.29. The molecule has 1 aliphatic rings. The molecule has 0 radical (unpaired) electrons. The van der Waals surface area contributed by atoms with Gasteiger partial charge in [-0.15, -0.1) is 0 Å². The van der Waals surface area contributed by atoms with Crippen LogP contribution in [0.5, 0.6) is 0 Å². The standard InChI is InChI=1S/C21H16F2N2O3S/c1-2-28-21(27)17(12-24)20-25(16-9-7-15(23)8-10-16)19(26)18(29-20)11-13-3-5-14(22)6-4-13/h3-10,18H,2,11H2,1H3/b20-17-/t18-/m1/s1. The summed E-state index contributed by atoms with van der Waals surface area (Å²) in [5.74, 6) is -2.06. The molecule has 0 bridgehead atoms. The quantitative estimate of drug-likeness (QED) is 0.421. The molecular formula is C21H16F2N2O3S. The van der Waals surface area contributed by atoms with E-state index in [1.54, 1.807) is 19.1 Å². The van der Waals surface area contributed by atoms with Gasteiger partial charge in [-0.3, -0.25) is 9.69 Å². The lowest BCUT2D eigenvalue weighted by Crippen LogP contribution is -2.30. The lowest BCUT2D eigenvalue weighted by atomic mass is 10.1. The second-order valence-electron chi connectivity index (χ2n) is 6.10. The highest BCUT2D eigenvalue weighted by molar-refractivity contribution is 8.05. The maximum atomic E-state index is 13.3. The molecule has 1 amide bonds. The van der Waals surface area contributed by atoms with Crippen molar-refractivity contribution < 1.29 is 23.1 Å². The fourth-order valence-electron chi connectivity index (χ4n) is 2.83. The van der Waals surface area contributed by atoms with Crippen LogP contribution in [0.4, 0.5) is 14.5 Å². The number of halogens is 2. The molecule has 0 unspecified atom stereocenters. The molecule has 2 aromatic carbocycles. The minimum atomic E-state index is -0.833. The molecule has 1 heterocycles. The molecule has 1 aliphatic heterocycles. The van der Waals surface area contributed by atoms with Crippen LogP contribution < -0.4 is 4.90 Å². The highest BCUT2D eigenvalue weighted by Crippen LogP contribution is 2.42. The summed E-state index contributed by atoms with van der Waals surface area (Å²) in [5, 5.41) is 9.02. The van der Waals surface area contributed by atoms with E-state index in [9.17, 15) is 23.6 Å². The third-order valence-electron chi connectivity index (χ3n) is 4.18. The molecule has 0 saturated carbocycles. The van der Waals surface area contributed by atoms with Gasteiger partial charge in [-0.1, -0.05) is 23.9 Å². The highest BCUT2D eigenvalue weighted by Gasteiger charge is 2.41. The van der Waals surface area contributed by atoms with E-state index in [0.29, 0.717) is 5.69 Å². The molecule has 5 nitrogen and oxygen atoms in total. The SMILES string of the molecule is CCOC(=O)/C(C#N)=C1\S[C@H](Cc2ccc(F)cc2)C(=O)N1c1ccc(F)cc1. The smallest absolute Gasteiger partial charge is 0.351 e. The summed E-state index contributed by atoms with van der Waals surface area (Å²) < 4.78 is 31.4. The van der Waals surface area contributed by atoms with E-state index in [1.165, 1.54) is 41.3 Å². The van der Waals surface area contributed by atoms with Gasteiger partial charge >= 0.3 is 5.97 Å². The molecule has 0 aliphatic carbocycles. The van der Waals surface area contributed by atoms with E-state index in [-0.39, 0.29) is 35.4 Å². The lowest BCUT2D eigenvalue weighted by molar-refractivity contribution is -0.138. The third kappa shape index (κ3) is 4.46. The van der Waals surface area contributed by atoms with Gasteiger partial charge in [-0.2, -0.15) is 5.26 Å². The molecule has 3 rings (SSSR count). The number of esters is 1. The number of hydrogen-bond donors (Lipinski definition) is 0. The summed E-state index contributed by atoms with van der Waals surface area (Å²) in [5.41, 5.74) is 0.765. The molecule has 0 aromatic heterocycles. The average Bonchev–Trinajstić information content (AvgIpc) is 3.01. The molecule has 1 atom stereocenters. The molecular weight excluding hydrogens is 398 g/mol. The topological polar surface area (TPSA) is 70.4 Å². The van der Waals surface area contributed by atoms with Crippen molar-refractivity contribution in [2.45, 2.75) is 18.6 Å². The first-order valence-electron chi connectivity index (χ1n) is 8.76. The van der Waals surface area contributed by atoms with Crippen molar-refractivity contribution in [1.82, 2.24) is 0 Å². The number of benzene rings is 2. The first-order chi connectivity index (χ1) is 13.9. The van der Waals surface area contributed by atoms with Crippen LogP contribution in [0.1, 0.15) is 12.5 Å². The zero-order valence-corrected chi connectivity index (χ0v) is 16.2. The second kappa shape index (κ2) is 8.88. The maximum absolute atomic E-state index is 13.3. The van der Waals surface area contributed by atoms with E-state index < -0.39 is 17.0 Å². The predicted molar refractivity (Wildman–Crippen MR) is 105 cm³/mol. The van der Waals surface area contributed by atoms with Crippen molar-refractivity contribution in [1.29, 1.82) is 5.26 Å². The summed E-state index contributed by atoms with van der Waals surface area (Å²) in [6.45, 7) is 1.69. The predicted octanol–water partition coefficient (Wildman–Crippen LogP) is 3.95. The number of nitrogens with zero attached hydrogens (tertiary/aromatic N) is 2. The van der Waals surface area contributed by atoms with Gasteiger partial charge in [0.2, 0.25) is 5.91 Å². The van der Waals surface area contributed by atoms with Crippen molar-refractivity contribution in [3.05, 3.63) is 76.3 Å². The summed E-state index contributed by atoms with van der Waals surface area (Å²) >= 11 is 1.06. The Morgan fingerprint density at radius 2 is 1.72 bits per heavy atom. The highest BCUT2D eigenvalue weighted by atomic mass is 32.2. The van der Waals surface area contributed by atoms with Gasteiger partial charge in [0.1, 0.15) is 22.7 Å². The second-order valence-corrected chi connectivity index (χ2v) is 7.29. The van der Waals surface area contributed by atoms with E-state index in [2.05, 4.69) is 0 Å². The van der Waals surface area contributed by atoms with Gasteiger partial charge in [0.05, 0.1) is 11.9 Å². The zero-order valence-electron chi connectivity index (χ0n) is 15.4. The van der Waals surface area contributed by atoms with Gasteiger partial charge in [0.25, 0.3) is 0 Å². The number of amides is 1. The van der Waals surface area contributed by atoms with Crippen LogP contribution in [0.15, 0.2) is 59.1 Å². The first kappa shape index (κ1) is 20.6. The molecule has 1 saturated heterocycles. The van der Waals surface area contributed by atoms with Crippen LogP contribution in [-0.2, 0) is 20.7 Å². The van der Waals surface area contributed by atoms with E-state index in [1.807, 2.05) is 6.07 Å². The summed E-state index contributed by atoms with van der Waals surface area (Å²) in [7, 11) is 0. The number of ether oxygens (including phenoxy) is 1. The third-order valence-corrected chi connectivity index (χ3v) is 5.44. The Labute approximate surface area is 170 Å². The normalized spacial score (nSPS) is 17.8. The fraction of sp³-hybridized carbons (Fsp3) is 0.190. The van der Waals surface area contributed by atoms with Crippen LogP contribution in [0.3, 0.4) is 0 Å². The van der Waals surface area contributed by atoms with Gasteiger partial charge in [-0.25, -0.2) is 13.6 Å². The van der Waals surface area contributed by atoms with Gasteiger partial charge in [0.15, 0.2) is 5.57 Å². The van der Waals surface area contributed by atoms with Crippen molar-refractivity contribution in [3.8, 4) is 6.07 Å². The number of hydrogen-bond acceptors (Lipinski definition) is 5. The number of thioether (sulfide) groups is 1. The van der Waals surface area contributed by atoms with Crippen molar-refractivity contribution in [2.24, 2.45) is 0 Å². The minimum Gasteiger partial charge on any atom is -0.462 e. The number of carbonyl (C=O) groups excluding carboxylic acids is 2. The Balaban J connectivity index is 2.02. The van der Waals surface area contributed by atoms with Gasteiger partial charge in [0, 0.05) is 5.69 Å². The van der Waals surface area contributed by atoms with Gasteiger partial charge in [-0.05, 0) is 55.3 Å². The van der Waals surface area contributed by atoms with Crippen LogP contribution in [0.2, 0.25) is 0 Å². The maximum Gasteiger partial charge on any atom is 0.351 e. The Hall–Kier alpha value is -3.18. The molecule has 148 valence electrons. The molecule has 1 fully saturated rings. The van der Waals surface area contributed by atoms with E-state index >= 15 is 0 Å². The van der Waals surface area contributed by atoms with Crippen LogP contribution in [-0.4, -0.2) is 23.7 Å². The minimum absolute atomic E-state index is 0.0749. The molecule has 0 spiro atoms. The Morgan fingerprint density at radius 1 is 1.14 bits per heavy atom. The van der Waals surface area contributed by atoms with Crippen molar-refractivity contribution in [2.75, 3.05) is 11.5 Å². The largest absolute Gasteiger partial charge is 0.462 e. The molecule has 0 N–H and O–H groups in total. The van der Waals surface area contributed by atoms with Gasteiger partial charge < -0.3 is 4.74 Å². The van der Waals surface area contributed by atoms with Crippen molar-refractivity contribution >= 4 is 29.3 Å². The molecule has 8 heteroatoms. The van der Waals surface area contributed by atoms with Crippen molar-refractivity contribution in [3.63, 3.8) is 0 Å². The van der Waals surface area contributed by atoms with Crippen LogP contribution in [0, 0.1) is 23.0 Å². The Bertz CT molecular complexity index is 998. The lowest BCUT2D eigenvalue weighted by Gasteiger charge is -2.18. The number of anilines is 1. The van der Waals surface area contributed by atoms with E-state index in [4.69, 9.17) is 4.74 Å². The summed E-state index contributed by atoms with van der Waals surface area (Å²) in [6.07, 6.45) is 0.270. The average molecular weight is 414 g/mol. The number of nitriles is 1. The number of carbonyl (C=O) groups is 2. The van der Waals surface area contributed by atoms with Crippen LogP contribution >= 0.6 is 11.8 Å². The monoisotopic (exact) mass is 414 g/mol. The zero-order chi connectivity index (χ0) is 21.0. The van der Waals surface area contributed by atoms with Crippen LogP contribution in [0.25, 0.3) is 0 Å². The summed E-state index contributed by atoms with van der Waals surface area (Å²) in [4.78, 5) is 26.6. The molecule has 2 aromatic rings. The molecule has 29 heavy (non-hydrogen) atoms. The number of rotatable bonds is 5. The first-order valence-corrected chi connectivity index (χ1v) is 9.64. The summed E-state index contributed by atoms with van der Waals surface area (Å²) in [6, 6.07) is 12.7. The Morgan fingerprint density at radius 3 is 2.28 bits per heavy atom. The van der Waals surface area contributed by atoms with E-state index in [0.717, 1.165) is 17.3 Å².